The van der Waals surface area contributed by atoms with Gasteiger partial charge in [-0.2, -0.15) is 0 Å². The van der Waals surface area contributed by atoms with Gasteiger partial charge in [-0.25, -0.2) is 22.7 Å². The summed E-state index contributed by atoms with van der Waals surface area (Å²) < 4.78 is 25.8. The molecular weight excluding hydrogens is 292 g/mol. The molecule has 0 radical (unpaired) electrons. The third-order valence-corrected chi connectivity index (χ3v) is 4.59. The molecule has 0 bridgehead atoms. The van der Waals surface area contributed by atoms with Crippen LogP contribution in [0.5, 0.6) is 0 Å². The number of benzene rings is 1. The number of sulfonamides is 1. The first kappa shape index (κ1) is 14.9. The molecule has 0 unspecified atom stereocenters. The molecule has 1 N–H and O–H groups in total. The number of rotatable bonds is 4. The van der Waals surface area contributed by atoms with Gasteiger partial charge in [0.05, 0.1) is 4.90 Å². The van der Waals surface area contributed by atoms with E-state index >= 15 is 0 Å². The summed E-state index contributed by atoms with van der Waals surface area (Å²) in [6, 6.07) is 7.25. The molecule has 110 valence electrons. The topological polar surface area (TPSA) is 92.3 Å². The lowest BCUT2D eigenvalue weighted by Gasteiger charge is -2.17. The monoisotopic (exact) mass is 306 g/mol. The van der Waals surface area contributed by atoms with E-state index in [1.54, 1.807) is 6.07 Å². The summed E-state index contributed by atoms with van der Waals surface area (Å²) in [7, 11) is -0.885. The van der Waals surface area contributed by atoms with E-state index < -0.39 is 10.0 Å². The van der Waals surface area contributed by atoms with Crippen LogP contribution in [-0.2, 0) is 10.0 Å². The molecule has 2 rings (SSSR count). The quantitative estimate of drug-likeness (QED) is 0.896. The average Bonchev–Trinajstić information content (AvgIpc) is 2.54. The molecular formula is C13H14N4O3S. The second-order valence-electron chi connectivity index (χ2n) is 4.12. The Labute approximate surface area is 122 Å². The van der Waals surface area contributed by atoms with Crippen LogP contribution in [0, 0.1) is 0 Å². The zero-order chi connectivity index (χ0) is 15.5. The molecule has 0 saturated heterocycles. The highest BCUT2D eigenvalue weighted by atomic mass is 32.2. The number of nitrogens with one attached hydrogen (secondary N) is 1. The van der Waals surface area contributed by atoms with Crippen LogP contribution in [0.4, 0.5) is 5.95 Å². The first-order valence-electron chi connectivity index (χ1n) is 6.05. The van der Waals surface area contributed by atoms with Gasteiger partial charge in [0, 0.05) is 32.1 Å². The fourth-order valence-corrected chi connectivity index (χ4v) is 2.75. The van der Waals surface area contributed by atoms with Crippen molar-refractivity contribution < 1.29 is 13.2 Å². The molecule has 0 spiro atoms. The van der Waals surface area contributed by atoms with E-state index in [4.69, 9.17) is 0 Å². The number of nitrogens with zero attached hydrogens (tertiary/aromatic N) is 3. The van der Waals surface area contributed by atoms with Crippen LogP contribution in [0.25, 0.3) is 0 Å². The zero-order valence-electron chi connectivity index (χ0n) is 11.5. The molecule has 1 aromatic carbocycles. The van der Waals surface area contributed by atoms with E-state index in [2.05, 4.69) is 15.3 Å². The van der Waals surface area contributed by atoms with Crippen molar-refractivity contribution in [1.82, 2.24) is 15.3 Å². The number of amides is 1. The number of carbonyl (C=O) groups is 1. The van der Waals surface area contributed by atoms with Crippen molar-refractivity contribution in [2.24, 2.45) is 0 Å². The van der Waals surface area contributed by atoms with Gasteiger partial charge < -0.3 is 5.32 Å². The minimum Gasteiger partial charge on any atom is -0.355 e. The van der Waals surface area contributed by atoms with Crippen molar-refractivity contribution in [2.75, 3.05) is 18.4 Å². The third-order valence-electron chi connectivity index (χ3n) is 2.84. The highest BCUT2D eigenvalue weighted by Gasteiger charge is 2.23. The second-order valence-corrected chi connectivity index (χ2v) is 6.09. The first-order valence-corrected chi connectivity index (χ1v) is 7.49. The van der Waals surface area contributed by atoms with Crippen molar-refractivity contribution in [3.63, 3.8) is 0 Å². The lowest BCUT2D eigenvalue weighted by atomic mass is 10.2. The van der Waals surface area contributed by atoms with E-state index in [0.717, 1.165) is 4.31 Å². The number of hydrogen-bond acceptors (Lipinski definition) is 5. The second kappa shape index (κ2) is 5.88. The maximum absolute atomic E-state index is 12.4. The minimum atomic E-state index is -3.76. The van der Waals surface area contributed by atoms with Crippen LogP contribution >= 0.6 is 0 Å². The predicted molar refractivity (Wildman–Crippen MR) is 77.5 cm³/mol. The SMILES string of the molecule is CNC(=O)c1ccc(S(=O)(=O)N(C)c2ncccn2)cc1. The molecule has 1 heterocycles. The van der Waals surface area contributed by atoms with Crippen LogP contribution in [0.1, 0.15) is 10.4 Å². The molecule has 0 aliphatic rings. The smallest absolute Gasteiger partial charge is 0.266 e. The molecule has 7 nitrogen and oxygen atoms in total. The van der Waals surface area contributed by atoms with Gasteiger partial charge in [-0.05, 0) is 30.3 Å². The molecule has 21 heavy (non-hydrogen) atoms. The van der Waals surface area contributed by atoms with Crippen molar-refractivity contribution in [3.05, 3.63) is 48.3 Å². The maximum atomic E-state index is 12.4. The Kier molecular flexibility index (Phi) is 4.18. The largest absolute Gasteiger partial charge is 0.355 e. The predicted octanol–water partition coefficient (Wildman–Crippen LogP) is 0.661. The van der Waals surface area contributed by atoms with E-state index in [9.17, 15) is 13.2 Å². The van der Waals surface area contributed by atoms with Gasteiger partial charge in [0.2, 0.25) is 5.95 Å². The molecule has 0 fully saturated rings. The average molecular weight is 306 g/mol. The number of carbonyl (C=O) groups excluding carboxylic acids is 1. The molecule has 2 aromatic rings. The van der Waals surface area contributed by atoms with Crippen molar-refractivity contribution in [2.45, 2.75) is 4.90 Å². The highest BCUT2D eigenvalue weighted by molar-refractivity contribution is 7.92. The number of hydrogen-bond donors (Lipinski definition) is 1. The molecule has 0 saturated carbocycles. The lowest BCUT2D eigenvalue weighted by Crippen LogP contribution is -2.28. The normalized spacial score (nSPS) is 11.0. The van der Waals surface area contributed by atoms with Gasteiger partial charge >= 0.3 is 0 Å². The molecule has 1 amide bonds. The van der Waals surface area contributed by atoms with Crippen LogP contribution in [0.15, 0.2) is 47.6 Å². The summed E-state index contributed by atoms with van der Waals surface area (Å²) in [5.41, 5.74) is 0.384. The van der Waals surface area contributed by atoms with Gasteiger partial charge in [0.25, 0.3) is 15.9 Å². The Morgan fingerprint density at radius 2 is 1.71 bits per heavy atom. The molecule has 0 aliphatic carbocycles. The van der Waals surface area contributed by atoms with Gasteiger partial charge in [0.15, 0.2) is 0 Å². The summed E-state index contributed by atoms with van der Waals surface area (Å²) in [6.45, 7) is 0. The van der Waals surface area contributed by atoms with Crippen molar-refractivity contribution >= 4 is 21.9 Å². The number of anilines is 1. The van der Waals surface area contributed by atoms with Gasteiger partial charge in [-0.1, -0.05) is 0 Å². The summed E-state index contributed by atoms with van der Waals surface area (Å²) >= 11 is 0. The summed E-state index contributed by atoms with van der Waals surface area (Å²) in [4.78, 5) is 19.3. The summed E-state index contributed by atoms with van der Waals surface area (Å²) in [5, 5.41) is 2.47. The van der Waals surface area contributed by atoms with Crippen molar-refractivity contribution in [1.29, 1.82) is 0 Å². The fourth-order valence-electron chi connectivity index (χ4n) is 1.64. The van der Waals surface area contributed by atoms with Crippen molar-refractivity contribution in [3.8, 4) is 0 Å². The van der Waals surface area contributed by atoms with E-state index in [-0.39, 0.29) is 16.8 Å². The minimum absolute atomic E-state index is 0.0603. The highest BCUT2D eigenvalue weighted by Crippen LogP contribution is 2.18. The fraction of sp³-hybridized carbons (Fsp3) is 0.154. The summed E-state index contributed by atoms with van der Waals surface area (Å²) in [6.07, 6.45) is 2.92. The standard InChI is InChI=1S/C13H14N4O3S/c1-14-12(18)10-4-6-11(7-5-10)21(19,20)17(2)13-15-8-3-9-16-13/h3-9H,1-2H3,(H,14,18). The lowest BCUT2D eigenvalue weighted by molar-refractivity contribution is 0.0963. The van der Waals surface area contributed by atoms with E-state index in [1.807, 2.05) is 0 Å². The van der Waals surface area contributed by atoms with Crippen LogP contribution in [0.2, 0.25) is 0 Å². The van der Waals surface area contributed by atoms with E-state index in [1.165, 1.54) is 50.8 Å². The Morgan fingerprint density at radius 1 is 1.14 bits per heavy atom. The zero-order valence-corrected chi connectivity index (χ0v) is 12.3. The third kappa shape index (κ3) is 3.00. The van der Waals surface area contributed by atoms with Crippen LogP contribution < -0.4 is 9.62 Å². The van der Waals surface area contributed by atoms with Gasteiger partial charge in [0.1, 0.15) is 0 Å². The Hall–Kier alpha value is -2.48. The van der Waals surface area contributed by atoms with Gasteiger partial charge in [-0.3, -0.25) is 4.79 Å². The molecule has 1 aromatic heterocycles. The van der Waals surface area contributed by atoms with Crippen LogP contribution in [-0.4, -0.2) is 38.4 Å². The Bertz CT molecular complexity index is 730. The Morgan fingerprint density at radius 3 is 2.24 bits per heavy atom. The first-order chi connectivity index (χ1) is 9.96. The molecule has 8 heteroatoms. The van der Waals surface area contributed by atoms with Gasteiger partial charge in [-0.15, -0.1) is 0 Å². The Balaban J connectivity index is 2.34. The molecule has 0 aliphatic heterocycles. The molecule has 0 atom stereocenters. The van der Waals surface area contributed by atoms with E-state index in [0.29, 0.717) is 5.56 Å². The number of aromatic nitrogens is 2. The summed E-state index contributed by atoms with van der Waals surface area (Å²) in [5.74, 6) is -0.202. The van der Waals surface area contributed by atoms with Crippen LogP contribution in [0.3, 0.4) is 0 Å². The maximum Gasteiger partial charge on any atom is 0.266 e.